The maximum Gasteiger partial charge on any atom is 0.340 e. The molecule has 0 heterocycles. The molecule has 2 aromatic carbocycles. The average molecular weight is 270 g/mol. The fourth-order valence-electron chi connectivity index (χ4n) is 1.89. The van der Waals surface area contributed by atoms with Crippen LogP contribution in [0.25, 0.3) is 12.2 Å². The Bertz CT molecular complexity index is 645. The summed E-state index contributed by atoms with van der Waals surface area (Å²) in [6, 6.07) is 12.2. The van der Waals surface area contributed by atoms with E-state index in [9.17, 15) is 15.0 Å². The van der Waals surface area contributed by atoms with Crippen LogP contribution < -0.4 is 4.74 Å². The number of aromatic hydroxyl groups is 1. The van der Waals surface area contributed by atoms with Crippen LogP contribution in [0.1, 0.15) is 21.5 Å². The number of phenols is 1. The second-order valence-corrected chi connectivity index (χ2v) is 4.16. The minimum atomic E-state index is -1.10. The van der Waals surface area contributed by atoms with Crippen LogP contribution >= 0.6 is 0 Å². The van der Waals surface area contributed by atoms with E-state index in [1.807, 2.05) is 30.3 Å². The van der Waals surface area contributed by atoms with Crippen LogP contribution in [0.2, 0.25) is 0 Å². The Morgan fingerprint density at radius 2 is 1.85 bits per heavy atom. The van der Waals surface area contributed by atoms with E-state index in [0.29, 0.717) is 5.56 Å². The maximum absolute atomic E-state index is 11.3. The molecule has 4 heteroatoms. The highest BCUT2D eigenvalue weighted by molar-refractivity contribution is 5.96. The summed E-state index contributed by atoms with van der Waals surface area (Å²) in [5.74, 6) is -1.01. The normalized spacial score (nSPS) is 10.7. The quantitative estimate of drug-likeness (QED) is 0.837. The van der Waals surface area contributed by atoms with Gasteiger partial charge in [-0.05, 0) is 17.2 Å². The summed E-state index contributed by atoms with van der Waals surface area (Å²) in [7, 11) is 1.37. The molecular weight excluding hydrogens is 256 g/mol. The van der Waals surface area contributed by atoms with Gasteiger partial charge in [0.25, 0.3) is 0 Å². The first-order chi connectivity index (χ1) is 9.61. The Balaban J connectivity index is 2.48. The van der Waals surface area contributed by atoms with Gasteiger partial charge < -0.3 is 14.9 Å². The zero-order valence-corrected chi connectivity index (χ0v) is 10.9. The van der Waals surface area contributed by atoms with Gasteiger partial charge >= 0.3 is 5.97 Å². The topological polar surface area (TPSA) is 66.8 Å². The lowest BCUT2D eigenvalue weighted by Crippen LogP contribution is -2.03. The van der Waals surface area contributed by atoms with Crippen molar-refractivity contribution in [1.82, 2.24) is 0 Å². The van der Waals surface area contributed by atoms with Gasteiger partial charge in [-0.2, -0.15) is 0 Å². The van der Waals surface area contributed by atoms with Crippen LogP contribution in [0.15, 0.2) is 42.5 Å². The first-order valence-electron chi connectivity index (χ1n) is 5.99. The number of phenolic OH excluding ortho intramolecular Hbond substituents is 1. The Morgan fingerprint density at radius 1 is 1.15 bits per heavy atom. The van der Waals surface area contributed by atoms with Crippen LogP contribution in [0.4, 0.5) is 0 Å². The van der Waals surface area contributed by atoms with Crippen LogP contribution in [0.3, 0.4) is 0 Å². The van der Waals surface area contributed by atoms with Crippen molar-refractivity contribution >= 4 is 18.1 Å². The van der Waals surface area contributed by atoms with Crippen molar-refractivity contribution in [3.8, 4) is 11.5 Å². The van der Waals surface area contributed by atoms with Gasteiger partial charge in [-0.3, -0.25) is 0 Å². The Kier molecular flexibility index (Phi) is 4.05. The first-order valence-corrected chi connectivity index (χ1v) is 5.99. The summed E-state index contributed by atoms with van der Waals surface area (Å²) in [6.45, 7) is 0. The lowest BCUT2D eigenvalue weighted by molar-refractivity contribution is 0.0693. The summed E-state index contributed by atoms with van der Waals surface area (Å²) >= 11 is 0. The molecule has 0 aliphatic carbocycles. The smallest absolute Gasteiger partial charge is 0.340 e. The summed E-state index contributed by atoms with van der Waals surface area (Å²) in [5, 5.41) is 18.9. The van der Waals surface area contributed by atoms with Crippen molar-refractivity contribution in [2.75, 3.05) is 7.11 Å². The van der Waals surface area contributed by atoms with E-state index in [-0.39, 0.29) is 17.1 Å². The molecule has 0 saturated carbocycles. The molecule has 0 aliphatic heterocycles. The number of benzene rings is 2. The molecule has 0 amide bonds. The zero-order chi connectivity index (χ0) is 14.5. The van der Waals surface area contributed by atoms with Crippen molar-refractivity contribution in [1.29, 1.82) is 0 Å². The molecule has 102 valence electrons. The minimum absolute atomic E-state index is 0.0254. The van der Waals surface area contributed by atoms with Gasteiger partial charge in [-0.15, -0.1) is 0 Å². The number of hydrogen-bond donors (Lipinski definition) is 2. The third-order valence-corrected chi connectivity index (χ3v) is 2.81. The monoisotopic (exact) mass is 270 g/mol. The third-order valence-electron chi connectivity index (χ3n) is 2.81. The highest BCUT2D eigenvalue weighted by atomic mass is 16.5. The summed E-state index contributed by atoms with van der Waals surface area (Å²) < 4.78 is 5.01. The van der Waals surface area contributed by atoms with E-state index >= 15 is 0 Å². The van der Waals surface area contributed by atoms with Crippen molar-refractivity contribution < 1.29 is 19.7 Å². The summed E-state index contributed by atoms with van der Waals surface area (Å²) in [6.07, 6.45) is 3.42. The zero-order valence-electron chi connectivity index (χ0n) is 10.9. The fourth-order valence-corrected chi connectivity index (χ4v) is 1.89. The van der Waals surface area contributed by atoms with Gasteiger partial charge in [0.1, 0.15) is 17.1 Å². The molecule has 20 heavy (non-hydrogen) atoms. The van der Waals surface area contributed by atoms with Gasteiger partial charge in [0, 0.05) is 6.07 Å². The Hall–Kier alpha value is -2.75. The SMILES string of the molecule is COc1cc(O)cc(/C=C/c2ccccc2)c1C(=O)O. The van der Waals surface area contributed by atoms with Crippen molar-refractivity contribution in [2.24, 2.45) is 0 Å². The van der Waals surface area contributed by atoms with Gasteiger partial charge in [-0.1, -0.05) is 42.5 Å². The fraction of sp³-hybridized carbons (Fsp3) is 0.0625. The highest BCUT2D eigenvalue weighted by Gasteiger charge is 2.16. The van der Waals surface area contributed by atoms with Gasteiger partial charge in [0.05, 0.1) is 7.11 Å². The largest absolute Gasteiger partial charge is 0.508 e. The molecule has 0 radical (unpaired) electrons. The van der Waals surface area contributed by atoms with Crippen molar-refractivity contribution in [3.63, 3.8) is 0 Å². The number of ether oxygens (including phenoxy) is 1. The van der Waals surface area contributed by atoms with E-state index in [4.69, 9.17) is 4.74 Å². The lowest BCUT2D eigenvalue weighted by Gasteiger charge is -2.09. The molecule has 2 aromatic rings. The number of rotatable bonds is 4. The van der Waals surface area contributed by atoms with Crippen LogP contribution in [-0.4, -0.2) is 23.3 Å². The van der Waals surface area contributed by atoms with Gasteiger partial charge in [-0.25, -0.2) is 4.79 Å². The van der Waals surface area contributed by atoms with E-state index in [1.165, 1.54) is 19.2 Å². The highest BCUT2D eigenvalue weighted by Crippen LogP contribution is 2.29. The van der Waals surface area contributed by atoms with Gasteiger partial charge in [0.2, 0.25) is 0 Å². The first kappa shape index (κ1) is 13.7. The molecule has 0 fully saturated rings. The Labute approximate surface area is 116 Å². The van der Waals surface area contributed by atoms with Crippen LogP contribution in [0.5, 0.6) is 11.5 Å². The molecule has 0 spiro atoms. The van der Waals surface area contributed by atoms with Crippen LogP contribution in [0, 0.1) is 0 Å². The Morgan fingerprint density at radius 3 is 2.45 bits per heavy atom. The molecule has 0 aromatic heterocycles. The molecule has 0 aliphatic rings. The molecule has 2 rings (SSSR count). The van der Waals surface area contributed by atoms with E-state index in [1.54, 1.807) is 12.2 Å². The predicted molar refractivity (Wildman–Crippen MR) is 77.0 cm³/mol. The van der Waals surface area contributed by atoms with E-state index in [0.717, 1.165) is 5.56 Å². The lowest BCUT2D eigenvalue weighted by atomic mass is 10.0. The second-order valence-electron chi connectivity index (χ2n) is 4.16. The minimum Gasteiger partial charge on any atom is -0.508 e. The molecule has 0 saturated heterocycles. The standard InChI is InChI=1S/C16H14O4/c1-20-14-10-13(17)9-12(15(14)16(18)19)8-7-11-5-3-2-4-6-11/h2-10,17H,1H3,(H,18,19)/b8-7+. The predicted octanol–water partition coefficient (Wildman–Crippen LogP) is 3.27. The summed E-state index contributed by atoms with van der Waals surface area (Å²) in [4.78, 5) is 11.3. The van der Waals surface area contributed by atoms with Gasteiger partial charge in [0.15, 0.2) is 0 Å². The molecule has 2 N–H and O–H groups in total. The third kappa shape index (κ3) is 2.98. The van der Waals surface area contributed by atoms with E-state index < -0.39 is 5.97 Å². The number of hydrogen-bond acceptors (Lipinski definition) is 3. The van der Waals surface area contributed by atoms with Crippen molar-refractivity contribution in [3.05, 3.63) is 59.2 Å². The molecule has 0 unspecified atom stereocenters. The number of aromatic carboxylic acids is 1. The summed E-state index contributed by atoms with van der Waals surface area (Å²) in [5.41, 5.74) is 1.35. The molecule has 0 atom stereocenters. The van der Waals surface area contributed by atoms with Crippen LogP contribution in [-0.2, 0) is 0 Å². The van der Waals surface area contributed by atoms with E-state index in [2.05, 4.69) is 0 Å². The average Bonchev–Trinajstić information content (AvgIpc) is 2.45. The van der Waals surface area contributed by atoms with Crippen molar-refractivity contribution in [2.45, 2.75) is 0 Å². The number of carbonyl (C=O) groups is 1. The molecule has 0 bridgehead atoms. The number of carboxylic acid groups (broad SMARTS) is 1. The second kappa shape index (κ2) is 5.93. The molecular formula is C16H14O4. The molecule has 4 nitrogen and oxygen atoms in total. The number of carboxylic acids is 1. The number of methoxy groups -OCH3 is 1. The maximum atomic E-state index is 11.3.